The Labute approximate surface area is 212 Å². The molecule has 5 aliphatic rings. The fourth-order valence-corrected chi connectivity index (χ4v) is 8.18. The first-order valence-corrected chi connectivity index (χ1v) is 13.3. The van der Waals surface area contributed by atoms with Crippen LogP contribution in [0.5, 0.6) is 0 Å². The van der Waals surface area contributed by atoms with Gasteiger partial charge in [0.1, 0.15) is 12.4 Å². The minimum atomic E-state index is -0.451. The summed E-state index contributed by atoms with van der Waals surface area (Å²) in [6, 6.07) is 16.5. The molecular formula is C30H35FN2O3. The average molecular weight is 491 g/mol. The molecule has 2 unspecified atom stereocenters. The Balaban J connectivity index is 1.11. The SMILES string of the molecule is C[C@]12CC3CC(C1)[C@](CC(=O)N1CC(NC(=O)OCc4ccccc4)C1)(c1ccc(F)cc1)C(C3)C2. The minimum absolute atomic E-state index is 0.0867. The maximum Gasteiger partial charge on any atom is 0.407 e. The van der Waals surface area contributed by atoms with Gasteiger partial charge >= 0.3 is 6.09 Å². The normalized spacial score (nSPS) is 32.7. The van der Waals surface area contributed by atoms with Gasteiger partial charge < -0.3 is 15.0 Å². The zero-order valence-electron chi connectivity index (χ0n) is 20.9. The number of amides is 2. The molecule has 1 saturated heterocycles. The molecule has 0 radical (unpaired) electrons. The van der Waals surface area contributed by atoms with Crippen LogP contribution >= 0.6 is 0 Å². The van der Waals surface area contributed by atoms with Crippen LogP contribution in [0.1, 0.15) is 56.6 Å². The Morgan fingerprint density at radius 3 is 2.31 bits per heavy atom. The van der Waals surface area contributed by atoms with Gasteiger partial charge in [-0.3, -0.25) is 4.79 Å². The summed E-state index contributed by atoms with van der Waals surface area (Å²) in [6.07, 6.45) is 6.00. The Kier molecular flexibility index (Phi) is 5.81. The molecule has 5 fully saturated rings. The van der Waals surface area contributed by atoms with Gasteiger partial charge in [0, 0.05) is 24.9 Å². The number of halogens is 1. The number of benzene rings is 2. The molecule has 36 heavy (non-hydrogen) atoms. The van der Waals surface area contributed by atoms with E-state index in [1.54, 1.807) is 12.1 Å². The molecule has 2 amide bonds. The number of hydrogen-bond donors (Lipinski definition) is 1. The van der Waals surface area contributed by atoms with Crippen molar-refractivity contribution in [1.29, 1.82) is 0 Å². The number of likely N-dealkylation sites (tertiary alicyclic amines) is 1. The van der Waals surface area contributed by atoms with Crippen LogP contribution in [0.25, 0.3) is 0 Å². The molecule has 190 valence electrons. The van der Waals surface area contributed by atoms with Crippen molar-refractivity contribution in [2.75, 3.05) is 13.1 Å². The number of carbonyl (C=O) groups excluding carboxylic acids is 2. The molecule has 5 nitrogen and oxygen atoms in total. The van der Waals surface area contributed by atoms with Gasteiger partial charge in [0.05, 0.1) is 6.04 Å². The van der Waals surface area contributed by atoms with Crippen molar-refractivity contribution in [2.24, 2.45) is 23.2 Å². The molecule has 4 aliphatic carbocycles. The summed E-state index contributed by atoms with van der Waals surface area (Å²) in [5.74, 6) is 1.60. The molecule has 6 heteroatoms. The third-order valence-corrected chi connectivity index (χ3v) is 9.55. The van der Waals surface area contributed by atoms with Gasteiger partial charge in [-0.2, -0.15) is 0 Å². The van der Waals surface area contributed by atoms with E-state index in [2.05, 4.69) is 12.2 Å². The van der Waals surface area contributed by atoms with Gasteiger partial charge in [0.15, 0.2) is 0 Å². The fraction of sp³-hybridized carbons (Fsp3) is 0.533. The van der Waals surface area contributed by atoms with Gasteiger partial charge in [-0.25, -0.2) is 9.18 Å². The summed E-state index contributed by atoms with van der Waals surface area (Å²) in [4.78, 5) is 27.7. The highest BCUT2D eigenvalue weighted by Crippen LogP contribution is 2.68. The second-order valence-electron chi connectivity index (χ2n) is 12.1. The van der Waals surface area contributed by atoms with Gasteiger partial charge in [0.25, 0.3) is 0 Å². The Hall–Kier alpha value is -2.89. The van der Waals surface area contributed by atoms with E-state index >= 15 is 0 Å². The number of carbonyl (C=O) groups is 2. The lowest BCUT2D eigenvalue weighted by Crippen LogP contribution is -2.64. The van der Waals surface area contributed by atoms with E-state index in [0.29, 0.717) is 36.8 Å². The summed E-state index contributed by atoms with van der Waals surface area (Å²) in [5, 5.41) is 2.88. The topological polar surface area (TPSA) is 58.6 Å². The quantitative estimate of drug-likeness (QED) is 0.587. The Morgan fingerprint density at radius 2 is 1.67 bits per heavy atom. The molecule has 2 aromatic rings. The maximum absolute atomic E-state index is 13.8. The van der Waals surface area contributed by atoms with Crippen LogP contribution in [-0.2, 0) is 21.6 Å². The lowest BCUT2D eigenvalue weighted by atomic mass is 9.39. The molecule has 0 spiro atoms. The second-order valence-corrected chi connectivity index (χ2v) is 12.1. The third-order valence-electron chi connectivity index (χ3n) is 9.55. The van der Waals surface area contributed by atoms with Gasteiger partial charge in [-0.05, 0) is 78.5 Å². The molecule has 1 aliphatic heterocycles. The van der Waals surface area contributed by atoms with E-state index in [9.17, 15) is 14.0 Å². The van der Waals surface area contributed by atoms with Crippen molar-refractivity contribution in [3.63, 3.8) is 0 Å². The first-order chi connectivity index (χ1) is 17.3. The number of rotatable bonds is 6. The first-order valence-electron chi connectivity index (χ1n) is 13.3. The van der Waals surface area contributed by atoms with Gasteiger partial charge in [0.2, 0.25) is 5.91 Å². The summed E-state index contributed by atoms with van der Waals surface area (Å²) in [6.45, 7) is 3.67. The molecule has 4 saturated carbocycles. The number of nitrogens with one attached hydrogen (secondary N) is 1. The second kappa shape index (κ2) is 8.89. The highest BCUT2D eigenvalue weighted by Gasteiger charge is 2.62. The summed E-state index contributed by atoms with van der Waals surface area (Å²) < 4.78 is 19.2. The molecule has 1 heterocycles. The highest BCUT2D eigenvalue weighted by atomic mass is 19.1. The number of nitrogens with zero attached hydrogens (tertiary/aromatic N) is 1. The summed E-state index contributed by atoms with van der Waals surface area (Å²) in [7, 11) is 0. The molecular weight excluding hydrogens is 455 g/mol. The smallest absolute Gasteiger partial charge is 0.407 e. The Morgan fingerprint density at radius 1 is 1.00 bits per heavy atom. The average Bonchev–Trinajstić information content (AvgIpc) is 2.82. The predicted octanol–water partition coefficient (Wildman–Crippen LogP) is 5.44. The highest BCUT2D eigenvalue weighted by molar-refractivity contribution is 5.79. The number of ether oxygens (including phenoxy) is 1. The van der Waals surface area contributed by atoms with E-state index < -0.39 is 6.09 Å². The first kappa shape index (κ1) is 23.5. The molecule has 2 aromatic carbocycles. The number of alkyl carbamates (subject to hydrolysis) is 1. The van der Waals surface area contributed by atoms with Crippen molar-refractivity contribution in [3.05, 3.63) is 71.5 Å². The maximum atomic E-state index is 13.8. The van der Waals surface area contributed by atoms with E-state index in [-0.39, 0.29) is 29.8 Å². The zero-order valence-corrected chi connectivity index (χ0v) is 20.9. The molecule has 0 aromatic heterocycles. The van der Waals surface area contributed by atoms with Crippen LogP contribution in [0.2, 0.25) is 0 Å². The van der Waals surface area contributed by atoms with Crippen molar-refractivity contribution < 1.29 is 18.7 Å². The van der Waals surface area contributed by atoms with Crippen molar-refractivity contribution in [2.45, 2.75) is 63.5 Å². The van der Waals surface area contributed by atoms with Crippen LogP contribution in [-0.4, -0.2) is 36.0 Å². The molecule has 4 bridgehead atoms. The lowest BCUT2D eigenvalue weighted by Gasteiger charge is -2.65. The molecule has 2 atom stereocenters. The van der Waals surface area contributed by atoms with Crippen molar-refractivity contribution >= 4 is 12.0 Å². The van der Waals surface area contributed by atoms with E-state index in [4.69, 9.17) is 4.74 Å². The largest absolute Gasteiger partial charge is 0.445 e. The number of hydrogen-bond acceptors (Lipinski definition) is 3. The minimum Gasteiger partial charge on any atom is -0.445 e. The van der Waals surface area contributed by atoms with Gasteiger partial charge in [-0.15, -0.1) is 0 Å². The molecule has 7 rings (SSSR count). The van der Waals surface area contributed by atoms with Crippen LogP contribution < -0.4 is 5.32 Å². The monoisotopic (exact) mass is 490 g/mol. The Bertz CT molecular complexity index is 1110. The van der Waals surface area contributed by atoms with Crippen molar-refractivity contribution in [3.8, 4) is 0 Å². The fourth-order valence-electron chi connectivity index (χ4n) is 8.18. The van der Waals surface area contributed by atoms with Crippen LogP contribution in [0.15, 0.2) is 54.6 Å². The van der Waals surface area contributed by atoms with Crippen LogP contribution in [0.4, 0.5) is 9.18 Å². The summed E-state index contributed by atoms with van der Waals surface area (Å²) >= 11 is 0. The third kappa shape index (κ3) is 4.18. The lowest BCUT2D eigenvalue weighted by molar-refractivity contribution is -0.148. The predicted molar refractivity (Wildman–Crippen MR) is 134 cm³/mol. The van der Waals surface area contributed by atoms with E-state index in [0.717, 1.165) is 29.9 Å². The van der Waals surface area contributed by atoms with Crippen molar-refractivity contribution in [1.82, 2.24) is 10.2 Å². The zero-order chi connectivity index (χ0) is 24.9. The summed E-state index contributed by atoms with van der Waals surface area (Å²) in [5.41, 5.74) is 2.24. The molecule has 1 N–H and O–H groups in total. The van der Waals surface area contributed by atoms with E-state index in [1.165, 1.54) is 19.3 Å². The van der Waals surface area contributed by atoms with Gasteiger partial charge in [-0.1, -0.05) is 49.4 Å². The standard InChI is InChI=1S/C30H35FN2O3/c1-29-13-21-11-23(14-29)30(24(12-21)15-29,22-7-9-25(31)10-8-22)16-27(34)33-17-26(18-33)32-28(35)36-19-20-5-3-2-4-6-20/h2-10,21,23-24,26H,11-19H2,1H3,(H,32,35)/t21?,23?,24?,29-,30-. The van der Waals surface area contributed by atoms with Crippen LogP contribution in [0.3, 0.4) is 0 Å². The van der Waals surface area contributed by atoms with E-state index in [1.807, 2.05) is 47.4 Å². The van der Waals surface area contributed by atoms with Crippen LogP contribution in [0, 0.1) is 29.0 Å².